The molecular weight excluding hydrogens is 601 g/mol. The summed E-state index contributed by atoms with van der Waals surface area (Å²) in [6.07, 6.45) is 1.72. The molecule has 10 nitrogen and oxygen atoms in total. The van der Waals surface area contributed by atoms with E-state index in [9.17, 15) is 22.4 Å². The van der Waals surface area contributed by atoms with Crippen molar-refractivity contribution in [1.82, 2.24) is 14.5 Å². The lowest BCUT2D eigenvalue weighted by Crippen LogP contribution is -2.51. The normalized spacial score (nSPS) is 14.4. The zero-order chi connectivity index (χ0) is 31.6. The van der Waals surface area contributed by atoms with Gasteiger partial charge in [0.25, 0.3) is 5.91 Å². The number of carbonyl (C=O) groups excluding carboxylic acids is 2. The minimum Gasteiger partial charge on any atom is -0.484 e. The Morgan fingerprint density at radius 1 is 0.911 bits per heavy atom. The SMILES string of the molecule is O=C(NCc1ccco1)[C@@H](Cc1ccccc1)N(Cc1ccc(F)cc1)C(=O)COc1ccc(S(=O)(=O)N2CCOCC2)cc1. The number of amides is 2. The molecule has 236 valence electrons. The highest BCUT2D eigenvalue weighted by molar-refractivity contribution is 7.89. The van der Waals surface area contributed by atoms with Gasteiger partial charge in [-0.1, -0.05) is 42.5 Å². The molecule has 0 aliphatic carbocycles. The van der Waals surface area contributed by atoms with E-state index in [2.05, 4.69) is 5.32 Å². The molecule has 1 saturated heterocycles. The molecule has 12 heteroatoms. The van der Waals surface area contributed by atoms with Crippen LogP contribution in [-0.2, 0) is 43.9 Å². The molecule has 0 bridgehead atoms. The molecule has 2 amide bonds. The summed E-state index contributed by atoms with van der Waals surface area (Å²) in [5.74, 6) is -0.466. The molecule has 1 N–H and O–H groups in total. The van der Waals surface area contributed by atoms with Crippen LogP contribution < -0.4 is 10.1 Å². The van der Waals surface area contributed by atoms with Gasteiger partial charge in [0.1, 0.15) is 23.4 Å². The monoisotopic (exact) mass is 635 g/mol. The Balaban J connectivity index is 1.35. The quantitative estimate of drug-likeness (QED) is 0.238. The second-order valence-corrected chi connectivity index (χ2v) is 12.4. The third-order valence-corrected chi connectivity index (χ3v) is 9.26. The smallest absolute Gasteiger partial charge is 0.261 e. The highest BCUT2D eigenvalue weighted by Crippen LogP contribution is 2.21. The third kappa shape index (κ3) is 8.56. The molecule has 1 aromatic heterocycles. The fourth-order valence-corrected chi connectivity index (χ4v) is 6.33. The molecule has 1 atom stereocenters. The molecule has 5 rings (SSSR count). The molecular formula is C33H34FN3O7S. The number of nitrogens with one attached hydrogen (secondary N) is 1. The van der Waals surface area contributed by atoms with Crippen LogP contribution >= 0.6 is 0 Å². The van der Waals surface area contributed by atoms with Crippen molar-refractivity contribution in [3.63, 3.8) is 0 Å². The Morgan fingerprint density at radius 2 is 1.62 bits per heavy atom. The van der Waals surface area contributed by atoms with Gasteiger partial charge in [-0.25, -0.2) is 12.8 Å². The Bertz CT molecular complexity index is 1640. The number of morpholine rings is 1. The van der Waals surface area contributed by atoms with E-state index in [1.165, 1.54) is 51.9 Å². The van der Waals surface area contributed by atoms with E-state index in [1.54, 1.807) is 24.3 Å². The first-order chi connectivity index (χ1) is 21.8. The highest BCUT2D eigenvalue weighted by atomic mass is 32.2. The van der Waals surface area contributed by atoms with Crippen molar-refractivity contribution in [3.05, 3.63) is 120 Å². The van der Waals surface area contributed by atoms with Gasteiger partial charge in [-0.15, -0.1) is 0 Å². The topological polar surface area (TPSA) is 118 Å². The van der Waals surface area contributed by atoms with Gasteiger partial charge in [-0.05, 0) is 59.7 Å². The number of nitrogens with zero attached hydrogens (tertiary/aromatic N) is 2. The van der Waals surface area contributed by atoms with Crippen LogP contribution in [0.3, 0.4) is 0 Å². The van der Waals surface area contributed by atoms with Crippen LogP contribution in [0.5, 0.6) is 5.75 Å². The predicted octanol–water partition coefficient (Wildman–Crippen LogP) is 3.77. The summed E-state index contributed by atoms with van der Waals surface area (Å²) in [6, 6.07) is 23.4. The van der Waals surface area contributed by atoms with E-state index < -0.39 is 40.3 Å². The number of hydrogen-bond acceptors (Lipinski definition) is 7. The maximum Gasteiger partial charge on any atom is 0.261 e. The summed E-state index contributed by atoms with van der Waals surface area (Å²) < 4.78 is 57.4. The predicted molar refractivity (Wildman–Crippen MR) is 163 cm³/mol. The molecule has 4 aromatic rings. The third-order valence-electron chi connectivity index (χ3n) is 7.35. The standard InChI is InChI=1S/C33H34FN3O7S/c34-27-10-8-26(9-11-27)23-37(31(21-25-5-2-1-3-6-25)33(39)35-22-29-7-4-18-43-29)32(38)24-44-28-12-14-30(15-13-28)45(40,41)36-16-19-42-20-17-36/h1-15,18,31H,16-17,19-24H2,(H,35,39)/t31-/m1/s1. The number of halogens is 1. The maximum atomic E-state index is 13.8. The van der Waals surface area contributed by atoms with Crippen molar-refractivity contribution in [1.29, 1.82) is 0 Å². The van der Waals surface area contributed by atoms with Crippen LogP contribution in [0.1, 0.15) is 16.9 Å². The largest absolute Gasteiger partial charge is 0.484 e. The molecule has 0 saturated carbocycles. The van der Waals surface area contributed by atoms with Gasteiger partial charge in [0, 0.05) is 26.1 Å². The molecule has 0 radical (unpaired) electrons. The zero-order valence-electron chi connectivity index (χ0n) is 24.5. The number of furan rings is 1. The molecule has 0 unspecified atom stereocenters. The van der Waals surface area contributed by atoms with E-state index in [-0.39, 0.29) is 43.2 Å². The van der Waals surface area contributed by atoms with Crippen LogP contribution in [0.2, 0.25) is 0 Å². The first-order valence-corrected chi connectivity index (χ1v) is 15.9. The van der Waals surface area contributed by atoms with Crippen LogP contribution in [0.4, 0.5) is 4.39 Å². The Kier molecular flexibility index (Phi) is 10.6. The average molecular weight is 636 g/mol. The van der Waals surface area contributed by atoms with Gasteiger partial charge in [-0.3, -0.25) is 9.59 Å². The fourth-order valence-electron chi connectivity index (χ4n) is 4.92. The van der Waals surface area contributed by atoms with Crippen molar-refractivity contribution in [2.24, 2.45) is 0 Å². The lowest BCUT2D eigenvalue weighted by molar-refractivity contribution is -0.142. The van der Waals surface area contributed by atoms with E-state index >= 15 is 0 Å². The molecule has 2 heterocycles. The van der Waals surface area contributed by atoms with Gasteiger partial charge in [0.2, 0.25) is 15.9 Å². The van der Waals surface area contributed by atoms with Crippen LogP contribution in [0.25, 0.3) is 0 Å². The lowest BCUT2D eigenvalue weighted by atomic mass is 10.0. The second-order valence-electron chi connectivity index (χ2n) is 10.4. The molecule has 1 aliphatic rings. The van der Waals surface area contributed by atoms with Gasteiger partial charge < -0.3 is 24.1 Å². The van der Waals surface area contributed by atoms with Gasteiger partial charge >= 0.3 is 0 Å². The average Bonchev–Trinajstić information content (AvgIpc) is 3.60. The van der Waals surface area contributed by atoms with E-state index in [4.69, 9.17) is 13.9 Å². The van der Waals surface area contributed by atoms with Gasteiger partial charge in [-0.2, -0.15) is 4.31 Å². The van der Waals surface area contributed by atoms with Crippen molar-refractivity contribution in [2.45, 2.75) is 30.4 Å². The molecule has 0 spiro atoms. The summed E-state index contributed by atoms with van der Waals surface area (Å²) in [5, 5.41) is 2.86. The summed E-state index contributed by atoms with van der Waals surface area (Å²) in [4.78, 5) is 29.0. The first kappa shape index (κ1) is 31.9. The fraction of sp³-hybridized carbons (Fsp3) is 0.273. The Labute approximate surface area is 261 Å². The van der Waals surface area contributed by atoms with Crippen LogP contribution in [0.15, 0.2) is 107 Å². The van der Waals surface area contributed by atoms with Gasteiger partial charge in [0.05, 0.1) is 30.9 Å². The van der Waals surface area contributed by atoms with Crippen molar-refractivity contribution < 1.29 is 36.3 Å². The molecule has 1 fully saturated rings. The minimum atomic E-state index is -3.69. The number of sulfonamides is 1. The van der Waals surface area contributed by atoms with E-state index in [0.717, 1.165) is 5.56 Å². The summed E-state index contributed by atoms with van der Waals surface area (Å²) in [5.41, 5.74) is 1.46. The minimum absolute atomic E-state index is 0.0187. The summed E-state index contributed by atoms with van der Waals surface area (Å²) in [7, 11) is -3.69. The Hall–Kier alpha value is -4.52. The molecule has 45 heavy (non-hydrogen) atoms. The van der Waals surface area contributed by atoms with Crippen molar-refractivity contribution in [2.75, 3.05) is 32.9 Å². The number of hydrogen-bond donors (Lipinski definition) is 1. The molecule has 1 aliphatic heterocycles. The highest BCUT2D eigenvalue weighted by Gasteiger charge is 2.31. The van der Waals surface area contributed by atoms with Crippen LogP contribution in [-0.4, -0.2) is 68.4 Å². The number of rotatable bonds is 13. The zero-order valence-corrected chi connectivity index (χ0v) is 25.3. The van der Waals surface area contributed by atoms with E-state index in [0.29, 0.717) is 24.5 Å². The second kappa shape index (κ2) is 15.0. The number of carbonyl (C=O) groups is 2. The van der Waals surface area contributed by atoms with E-state index in [1.807, 2.05) is 30.3 Å². The Morgan fingerprint density at radius 3 is 2.29 bits per heavy atom. The first-order valence-electron chi connectivity index (χ1n) is 14.5. The summed E-state index contributed by atoms with van der Waals surface area (Å²) in [6.45, 7) is 0.951. The summed E-state index contributed by atoms with van der Waals surface area (Å²) >= 11 is 0. The van der Waals surface area contributed by atoms with Crippen LogP contribution in [0, 0.1) is 5.82 Å². The van der Waals surface area contributed by atoms with Crippen molar-refractivity contribution in [3.8, 4) is 5.75 Å². The number of ether oxygens (including phenoxy) is 2. The van der Waals surface area contributed by atoms with Gasteiger partial charge in [0.15, 0.2) is 6.61 Å². The number of benzene rings is 3. The lowest BCUT2D eigenvalue weighted by Gasteiger charge is -2.31. The molecule has 3 aromatic carbocycles. The van der Waals surface area contributed by atoms with Crippen molar-refractivity contribution >= 4 is 21.8 Å². The maximum absolute atomic E-state index is 13.8.